The summed E-state index contributed by atoms with van der Waals surface area (Å²) >= 11 is 0. The Morgan fingerprint density at radius 2 is 1.53 bits per heavy atom. The lowest BCUT2D eigenvalue weighted by Crippen LogP contribution is -2.56. The van der Waals surface area contributed by atoms with Gasteiger partial charge in [-0.15, -0.1) is 0 Å². The van der Waals surface area contributed by atoms with E-state index in [1.54, 1.807) is 30.9 Å². The molecule has 0 bridgehead atoms. The third-order valence-corrected chi connectivity index (χ3v) is 6.78. The molecule has 0 aliphatic heterocycles. The maximum absolute atomic E-state index is 11.9. The highest BCUT2D eigenvalue weighted by atomic mass is 31.2. The molecule has 14 heteroatoms. The van der Waals surface area contributed by atoms with Crippen LogP contribution in [0.1, 0.15) is 50.8 Å². The van der Waals surface area contributed by atoms with Gasteiger partial charge in [0.05, 0.1) is 38.0 Å². The molecule has 202 valence electrons. The number of aliphatic carboxylic acids is 3. The molecule has 1 fully saturated rings. The number of hydrogen-bond acceptors (Lipinski definition) is 9. The summed E-state index contributed by atoms with van der Waals surface area (Å²) in [5, 5.41) is 28.1. The third kappa shape index (κ3) is 10.3. The number of carbonyl (C=O) groups is 3. The van der Waals surface area contributed by atoms with Gasteiger partial charge in [0.2, 0.25) is 0 Å². The Balaban J connectivity index is 2.17. The van der Waals surface area contributed by atoms with Gasteiger partial charge in [-0.25, -0.2) is 4.57 Å². The number of phosphoric ester groups is 1. The second-order valence-corrected chi connectivity index (χ2v) is 10.4. The summed E-state index contributed by atoms with van der Waals surface area (Å²) < 4.78 is 21.7. The molecule has 2 unspecified atom stereocenters. The lowest BCUT2D eigenvalue weighted by Gasteiger charge is -2.43. The number of aromatic nitrogens is 1. The minimum absolute atomic E-state index is 0.136. The van der Waals surface area contributed by atoms with Gasteiger partial charge in [0.1, 0.15) is 0 Å². The van der Waals surface area contributed by atoms with E-state index in [-0.39, 0.29) is 25.7 Å². The molecule has 1 aliphatic rings. The van der Waals surface area contributed by atoms with Crippen molar-refractivity contribution in [2.75, 3.05) is 19.6 Å². The fourth-order valence-electron chi connectivity index (χ4n) is 4.34. The largest absolute Gasteiger partial charge is 0.480 e. The Kier molecular flexibility index (Phi) is 11.4. The smallest absolute Gasteiger partial charge is 0.472 e. The predicted octanol–water partition coefficient (Wildman–Crippen LogP) is 1.79. The van der Waals surface area contributed by atoms with Crippen LogP contribution in [-0.2, 0) is 41.1 Å². The monoisotopic (exact) mass is 531 g/mol. The second kappa shape index (κ2) is 13.8. The molecule has 4 N–H and O–H groups in total. The van der Waals surface area contributed by atoms with E-state index in [1.165, 1.54) is 11.1 Å². The second-order valence-electron chi connectivity index (χ2n) is 8.96. The fraction of sp³-hybridized carbons (Fsp3) is 0.636. The Labute approximate surface area is 209 Å². The molecule has 1 saturated carbocycles. The molecular weight excluding hydrogens is 497 g/mol. The molecule has 0 spiro atoms. The van der Waals surface area contributed by atoms with E-state index in [4.69, 9.17) is 9.05 Å². The number of pyridine rings is 1. The standard InChI is InChI=1S/C22H34N3O10P/c1-15(2)35-36(32,33)34-14-16-7-8-17(23-9-16)10-24(11-20(26)27)18-5-3-4-6-19(18)25(12-21(28)29)13-22(30)31/h7-9,15,18-19H,3-6,10-14H2,1-2H3,(H,26,27)(H,28,29)(H,30,31)(H,32,33)/t18-,19?/m0/s1. The molecule has 0 radical (unpaired) electrons. The van der Waals surface area contributed by atoms with Crippen molar-refractivity contribution in [3.63, 3.8) is 0 Å². The number of nitrogens with zero attached hydrogens (tertiary/aromatic N) is 3. The highest BCUT2D eigenvalue weighted by Gasteiger charge is 2.36. The van der Waals surface area contributed by atoms with Crippen LogP contribution in [0.5, 0.6) is 0 Å². The summed E-state index contributed by atoms with van der Waals surface area (Å²) in [6.45, 7) is 1.87. The lowest BCUT2D eigenvalue weighted by atomic mass is 9.87. The normalized spacial score (nSPS) is 19.9. The predicted molar refractivity (Wildman–Crippen MR) is 126 cm³/mol. The summed E-state index contributed by atoms with van der Waals surface area (Å²) in [7, 11) is -4.21. The number of phosphoric acid groups is 1. The van der Waals surface area contributed by atoms with Gasteiger partial charge in [-0.05, 0) is 38.3 Å². The SMILES string of the molecule is CC(C)OP(=O)(O)OCc1ccc(CN(CC(=O)O)[C@H]2CCCCC2N(CC(=O)O)CC(=O)O)nc1. The van der Waals surface area contributed by atoms with Crippen LogP contribution in [0.3, 0.4) is 0 Å². The number of hydrogen-bond donors (Lipinski definition) is 4. The highest BCUT2D eigenvalue weighted by Crippen LogP contribution is 2.45. The molecule has 0 amide bonds. The average Bonchev–Trinajstić information content (AvgIpc) is 2.76. The molecule has 2 rings (SSSR count). The summed E-state index contributed by atoms with van der Waals surface area (Å²) in [6.07, 6.45) is 3.66. The minimum Gasteiger partial charge on any atom is -0.480 e. The van der Waals surface area contributed by atoms with Gasteiger partial charge < -0.3 is 20.2 Å². The molecule has 1 aromatic heterocycles. The van der Waals surface area contributed by atoms with Crippen LogP contribution in [0.25, 0.3) is 0 Å². The third-order valence-electron chi connectivity index (χ3n) is 5.64. The summed E-state index contributed by atoms with van der Waals surface area (Å²) in [4.78, 5) is 51.4. The van der Waals surface area contributed by atoms with Crippen molar-refractivity contribution in [3.8, 4) is 0 Å². The average molecular weight is 531 g/mol. The quantitative estimate of drug-likeness (QED) is 0.240. The maximum atomic E-state index is 11.9. The van der Waals surface area contributed by atoms with Gasteiger partial charge >= 0.3 is 25.7 Å². The zero-order chi connectivity index (χ0) is 26.9. The Morgan fingerprint density at radius 1 is 1.00 bits per heavy atom. The van der Waals surface area contributed by atoms with Crippen molar-refractivity contribution in [1.82, 2.24) is 14.8 Å². The van der Waals surface area contributed by atoms with E-state index >= 15 is 0 Å². The van der Waals surface area contributed by atoms with E-state index in [0.717, 1.165) is 12.8 Å². The van der Waals surface area contributed by atoms with E-state index < -0.39 is 51.0 Å². The van der Waals surface area contributed by atoms with E-state index in [9.17, 15) is 39.2 Å². The number of carboxylic acid groups (broad SMARTS) is 3. The van der Waals surface area contributed by atoms with Crippen LogP contribution in [-0.4, -0.2) is 90.7 Å². The van der Waals surface area contributed by atoms with Crippen LogP contribution < -0.4 is 0 Å². The van der Waals surface area contributed by atoms with E-state index in [2.05, 4.69) is 4.98 Å². The van der Waals surface area contributed by atoms with Crippen LogP contribution >= 0.6 is 7.82 Å². The van der Waals surface area contributed by atoms with Crippen LogP contribution in [0.2, 0.25) is 0 Å². The minimum atomic E-state index is -4.21. The molecule has 0 aromatic carbocycles. The first-order chi connectivity index (χ1) is 16.9. The molecule has 1 aliphatic carbocycles. The van der Waals surface area contributed by atoms with Gasteiger partial charge in [-0.1, -0.05) is 18.9 Å². The van der Waals surface area contributed by atoms with Crippen LogP contribution in [0.4, 0.5) is 0 Å². The summed E-state index contributed by atoms with van der Waals surface area (Å²) in [5.41, 5.74) is 1.03. The topological polar surface area (TPSA) is 187 Å². The van der Waals surface area contributed by atoms with Crippen molar-refractivity contribution in [1.29, 1.82) is 0 Å². The summed E-state index contributed by atoms with van der Waals surface area (Å²) in [5.74, 6) is -3.39. The van der Waals surface area contributed by atoms with Crippen LogP contribution in [0, 0.1) is 0 Å². The van der Waals surface area contributed by atoms with Gasteiger partial charge in [0.15, 0.2) is 0 Å². The molecular formula is C22H34N3O10P. The Bertz CT molecular complexity index is 927. The maximum Gasteiger partial charge on any atom is 0.472 e. The number of rotatable bonds is 15. The van der Waals surface area contributed by atoms with Gasteiger partial charge in [0.25, 0.3) is 0 Å². The Morgan fingerprint density at radius 3 is 2.00 bits per heavy atom. The van der Waals surface area contributed by atoms with Crippen LogP contribution in [0.15, 0.2) is 18.3 Å². The summed E-state index contributed by atoms with van der Waals surface area (Å²) in [6, 6.07) is 2.45. The van der Waals surface area contributed by atoms with Crippen molar-refractivity contribution < 1.29 is 48.2 Å². The van der Waals surface area contributed by atoms with Crippen molar-refractivity contribution in [2.24, 2.45) is 0 Å². The zero-order valence-corrected chi connectivity index (χ0v) is 21.2. The molecule has 36 heavy (non-hydrogen) atoms. The first kappa shape index (κ1) is 29.8. The van der Waals surface area contributed by atoms with E-state index in [1.807, 2.05) is 0 Å². The van der Waals surface area contributed by atoms with E-state index in [0.29, 0.717) is 24.1 Å². The molecule has 0 saturated heterocycles. The zero-order valence-electron chi connectivity index (χ0n) is 20.4. The van der Waals surface area contributed by atoms with Gasteiger partial charge in [0, 0.05) is 24.8 Å². The first-order valence-corrected chi connectivity index (χ1v) is 13.1. The van der Waals surface area contributed by atoms with Crippen molar-refractivity contribution >= 4 is 25.7 Å². The molecule has 3 atom stereocenters. The first-order valence-electron chi connectivity index (χ1n) is 11.6. The fourth-order valence-corrected chi connectivity index (χ4v) is 5.25. The lowest BCUT2D eigenvalue weighted by molar-refractivity contribution is -0.146. The highest BCUT2D eigenvalue weighted by molar-refractivity contribution is 7.47. The van der Waals surface area contributed by atoms with Crippen molar-refractivity contribution in [3.05, 3.63) is 29.6 Å². The number of carboxylic acids is 3. The van der Waals surface area contributed by atoms with Gasteiger partial charge in [-0.3, -0.25) is 38.2 Å². The molecule has 1 aromatic rings. The molecule has 13 nitrogen and oxygen atoms in total. The van der Waals surface area contributed by atoms with Crippen molar-refractivity contribution in [2.45, 2.75) is 70.9 Å². The Hall–Kier alpha value is -2.41. The molecule has 1 heterocycles. The van der Waals surface area contributed by atoms with Gasteiger partial charge in [-0.2, -0.15) is 0 Å².